The Hall–Kier alpha value is -2.30. The summed E-state index contributed by atoms with van der Waals surface area (Å²) >= 11 is 0. The van der Waals surface area contributed by atoms with Crippen molar-refractivity contribution in [2.24, 2.45) is 0 Å². The summed E-state index contributed by atoms with van der Waals surface area (Å²) in [5.41, 5.74) is 6.90. The fraction of sp³-hybridized carbons (Fsp3) is 0.167. The SMILES string of the molecule is CCc1nccn1-c1ccc(C(=O)O)c(N)c1. The molecule has 2 aromatic rings. The molecule has 2 rings (SSSR count). The molecule has 0 radical (unpaired) electrons. The molecule has 1 aromatic heterocycles. The summed E-state index contributed by atoms with van der Waals surface area (Å²) in [6.07, 6.45) is 4.34. The van der Waals surface area contributed by atoms with E-state index in [2.05, 4.69) is 4.98 Å². The number of nitrogens with two attached hydrogens (primary N) is 1. The van der Waals surface area contributed by atoms with Crippen LogP contribution in [0.25, 0.3) is 5.69 Å². The van der Waals surface area contributed by atoms with Crippen molar-refractivity contribution in [3.05, 3.63) is 42.0 Å². The van der Waals surface area contributed by atoms with Gasteiger partial charge in [0.2, 0.25) is 0 Å². The molecule has 1 heterocycles. The maximum Gasteiger partial charge on any atom is 0.337 e. The Kier molecular flexibility index (Phi) is 2.82. The summed E-state index contributed by atoms with van der Waals surface area (Å²) in [5.74, 6) is -0.108. The summed E-state index contributed by atoms with van der Waals surface area (Å²) in [7, 11) is 0. The Morgan fingerprint density at radius 2 is 2.29 bits per heavy atom. The van der Waals surface area contributed by atoms with Gasteiger partial charge in [0.05, 0.1) is 5.56 Å². The summed E-state index contributed by atoms with van der Waals surface area (Å²) in [6.45, 7) is 2.01. The van der Waals surface area contributed by atoms with Crippen molar-refractivity contribution < 1.29 is 9.90 Å². The van der Waals surface area contributed by atoms with Crippen LogP contribution < -0.4 is 5.73 Å². The van der Waals surface area contributed by atoms with Crippen molar-refractivity contribution in [2.75, 3.05) is 5.73 Å². The molecule has 0 atom stereocenters. The highest BCUT2D eigenvalue weighted by molar-refractivity contribution is 5.94. The van der Waals surface area contributed by atoms with Gasteiger partial charge >= 0.3 is 5.97 Å². The molecule has 0 amide bonds. The van der Waals surface area contributed by atoms with Gasteiger partial charge in [0.1, 0.15) is 5.82 Å². The van der Waals surface area contributed by atoms with E-state index in [0.717, 1.165) is 17.9 Å². The minimum Gasteiger partial charge on any atom is -0.478 e. The van der Waals surface area contributed by atoms with E-state index in [1.807, 2.05) is 17.7 Å². The molecule has 0 saturated heterocycles. The van der Waals surface area contributed by atoms with Gasteiger partial charge in [-0.1, -0.05) is 6.92 Å². The smallest absolute Gasteiger partial charge is 0.337 e. The van der Waals surface area contributed by atoms with Crippen LogP contribution in [-0.4, -0.2) is 20.6 Å². The molecule has 0 bridgehead atoms. The first kappa shape index (κ1) is 11.2. The molecule has 0 spiro atoms. The zero-order chi connectivity index (χ0) is 12.4. The second-order valence-corrected chi connectivity index (χ2v) is 3.64. The lowest BCUT2D eigenvalue weighted by Crippen LogP contribution is -2.05. The Morgan fingerprint density at radius 1 is 1.53 bits per heavy atom. The lowest BCUT2D eigenvalue weighted by Gasteiger charge is -2.08. The lowest BCUT2D eigenvalue weighted by molar-refractivity contribution is 0.0698. The van der Waals surface area contributed by atoms with Gasteiger partial charge in [0, 0.05) is 30.2 Å². The van der Waals surface area contributed by atoms with Crippen LogP contribution in [0.1, 0.15) is 23.1 Å². The van der Waals surface area contributed by atoms with Gasteiger partial charge in [0.15, 0.2) is 0 Å². The molecule has 88 valence electrons. The second-order valence-electron chi connectivity index (χ2n) is 3.64. The van der Waals surface area contributed by atoms with E-state index in [0.29, 0.717) is 0 Å². The van der Waals surface area contributed by atoms with E-state index in [4.69, 9.17) is 10.8 Å². The number of aromatic carboxylic acids is 1. The van der Waals surface area contributed by atoms with Gasteiger partial charge < -0.3 is 15.4 Å². The van der Waals surface area contributed by atoms with E-state index < -0.39 is 5.97 Å². The van der Waals surface area contributed by atoms with Gasteiger partial charge in [-0.3, -0.25) is 0 Å². The summed E-state index contributed by atoms with van der Waals surface area (Å²) in [4.78, 5) is 15.0. The molecule has 0 aliphatic carbocycles. The standard InChI is InChI=1S/C12H13N3O2/c1-2-11-14-5-6-15(11)8-3-4-9(12(16)17)10(13)7-8/h3-7H,2,13H2,1H3,(H,16,17). The molecule has 0 aliphatic rings. The highest BCUT2D eigenvalue weighted by atomic mass is 16.4. The van der Waals surface area contributed by atoms with Gasteiger partial charge in [-0.15, -0.1) is 0 Å². The molecule has 5 nitrogen and oxygen atoms in total. The van der Waals surface area contributed by atoms with Crippen LogP contribution in [0.15, 0.2) is 30.6 Å². The molecule has 5 heteroatoms. The molecule has 3 N–H and O–H groups in total. The molecule has 0 unspecified atom stereocenters. The van der Waals surface area contributed by atoms with Crippen LogP contribution in [-0.2, 0) is 6.42 Å². The van der Waals surface area contributed by atoms with Gasteiger partial charge in [-0.25, -0.2) is 9.78 Å². The Balaban J connectivity index is 2.48. The van der Waals surface area contributed by atoms with E-state index in [1.54, 1.807) is 18.3 Å². The number of nitrogen functional groups attached to an aromatic ring is 1. The van der Waals surface area contributed by atoms with Gasteiger partial charge in [-0.2, -0.15) is 0 Å². The van der Waals surface area contributed by atoms with Crippen molar-refractivity contribution in [3.63, 3.8) is 0 Å². The van der Waals surface area contributed by atoms with Crippen LogP contribution in [0.3, 0.4) is 0 Å². The van der Waals surface area contributed by atoms with Crippen LogP contribution in [0.5, 0.6) is 0 Å². The molecule has 0 saturated carbocycles. The maximum atomic E-state index is 10.8. The van der Waals surface area contributed by atoms with E-state index in [1.165, 1.54) is 6.07 Å². The van der Waals surface area contributed by atoms with E-state index in [9.17, 15) is 4.79 Å². The summed E-state index contributed by atoms with van der Waals surface area (Å²) in [6, 6.07) is 4.87. The fourth-order valence-electron chi connectivity index (χ4n) is 1.73. The van der Waals surface area contributed by atoms with Crippen molar-refractivity contribution >= 4 is 11.7 Å². The van der Waals surface area contributed by atoms with Crippen LogP contribution in [0.2, 0.25) is 0 Å². The van der Waals surface area contributed by atoms with Crippen LogP contribution in [0, 0.1) is 0 Å². The predicted molar refractivity (Wildman–Crippen MR) is 64.3 cm³/mol. The van der Waals surface area contributed by atoms with Gasteiger partial charge in [-0.05, 0) is 18.2 Å². The van der Waals surface area contributed by atoms with Crippen molar-refractivity contribution in [1.29, 1.82) is 0 Å². The Bertz CT molecular complexity index is 561. The quantitative estimate of drug-likeness (QED) is 0.788. The number of nitrogens with zero attached hydrogens (tertiary/aromatic N) is 2. The molecule has 17 heavy (non-hydrogen) atoms. The largest absolute Gasteiger partial charge is 0.478 e. The number of carboxylic acids is 1. The number of aryl methyl sites for hydroxylation is 1. The maximum absolute atomic E-state index is 10.8. The summed E-state index contributed by atoms with van der Waals surface area (Å²) < 4.78 is 1.89. The first-order chi connectivity index (χ1) is 8.13. The number of aromatic nitrogens is 2. The number of benzene rings is 1. The highest BCUT2D eigenvalue weighted by Crippen LogP contribution is 2.18. The topological polar surface area (TPSA) is 81.1 Å². The third-order valence-electron chi connectivity index (χ3n) is 2.58. The fourth-order valence-corrected chi connectivity index (χ4v) is 1.73. The number of carbonyl (C=O) groups is 1. The van der Waals surface area contributed by atoms with Gasteiger partial charge in [0.25, 0.3) is 0 Å². The van der Waals surface area contributed by atoms with E-state index in [-0.39, 0.29) is 11.3 Å². The third kappa shape index (κ3) is 1.99. The molecule has 0 fully saturated rings. The first-order valence-electron chi connectivity index (χ1n) is 5.29. The van der Waals surface area contributed by atoms with Crippen molar-refractivity contribution in [3.8, 4) is 5.69 Å². The molecule has 1 aromatic carbocycles. The van der Waals surface area contributed by atoms with Crippen molar-refractivity contribution in [2.45, 2.75) is 13.3 Å². The second kappa shape index (κ2) is 4.29. The zero-order valence-electron chi connectivity index (χ0n) is 9.42. The monoisotopic (exact) mass is 231 g/mol. The van der Waals surface area contributed by atoms with Crippen LogP contribution in [0.4, 0.5) is 5.69 Å². The average molecular weight is 231 g/mol. The minimum atomic E-state index is -1.02. The number of rotatable bonds is 3. The minimum absolute atomic E-state index is 0.118. The summed E-state index contributed by atoms with van der Waals surface area (Å²) in [5, 5.41) is 8.89. The van der Waals surface area contributed by atoms with Crippen molar-refractivity contribution in [1.82, 2.24) is 9.55 Å². The number of carboxylic acid groups (broad SMARTS) is 1. The number of anilines is 1. The highest BCUT2D eigenvalue weighted by Gasteiger charge is 2.10. The first-order valence-corrected chi connectivity index (χ1v) is 5.29. The lowest BCUT2D eigenvalue weighted by atomic mass is 10.1. The number of imidazole rings is 1. The number of hydrogen-bond donors (Lipinski definition) is 2. The molecular formula is C12H13N3O2. The van der Waals surface area contributed by atoms with Crippen LogP contribution >= 0.6 is 0 Å². The van der Waals surface area contributed by atoms with E-state index >= 15 is 0 Å². The Morgan fingerprint density at radius 3 is 2.88 bits per heavy atom. The predicted octanol–water partition coefficient (Wildman–Crippen LogP) is 1.72. The zero-order valence-corrected chi connectivity index (χ0v) is 9.42. The third-order valence-corrected chi connectivity index (χ3v) is 2.58. The molecule has 0 aliphatic heterocycles. The average Bonchev–Trinajstić information content (AvgIpc) is 2.76. The normalized spacial score (nSPS) is 10.4. The Labute approximate surface area is 98.5 Å². The number of hydrogen-bond acceptors (Lipinski definition) is 3. The molecular weight excluding hydrogens is 218 g/mol.